The maximum atomic E-state index is 13.1. The van der Waals surface area contributed by atoms with Crippen molar-refractivity contribution in [1.29, 1.82) is 0 Å². The molecule has 0 saturated heterocycles. The molecule has 3 N–H and O–H groups in total. The number of rotatable bonds is 5. The third-order valence-corrected chi connectivity index (χ3v) is 4.60. The van der Waals surface area contributed by atoms with Crippen LogP contribution >= 0.6 is 0 Å². The molecule has 0 fully saturated rings. The lowest BCUT2D eigenvalue weighted by Gasteiger charge is -2.11. The number of alkyl halides is 3. The van der Waals surface area contributed by atoms with E-state index >= 15 is 0 Å². The van der Waals surface area contributed by atoms with Gasteiger partial charge in [-0.3, -0.25) is 14.2 Å². The van der Waals surface area contributed by atoms with Crippen molar-refractivity contribution in [2.24, 2.45) is 5.73 Å². The molecule has 2 aromatic heterocycles. The summed E-state index contributed by atoms with van der Waals surface area (Å²) in [5, 5.41) is 2.44. The summed E-state index contributed by atoms with van der Waals surface area (Å²) in [4.78, 5) is 35.6. The summed E-state index contributed by atoms with van der Waals surface area (Å²) >= 11 is 0. The molecule has 4 aromatic rings. The van der Waals surface area contributed by atoms with Crippen molar-refractivity contribution in [1.82, 2.24) is 24.8 Å². The first-order valence-electron chi connectivity index (χ1n) is 9.39. The van der Waals surface area contributed by atoms with E-state index in [1.54, 1.807) is 18.2 Å². The molecule has 0 spiro atoms. The van der Waals surface area contributed by atoms with E-state index in [-0.39, 0.29) is 34.2 Å². The van der Waals surface area contributed by atoms with E-state index in [0.29, 0.717) is 5.69 Å². The van der Waals surface area contributed by atoms with Crippen molar-refractivity contribution < 1.29 is 27.5 Å². The van der Waals surface area contributed by atoms with Gasteiger partial charge in [0.05, 0.1) is 22.3 Å². The number of fused-ring (bicyclic) bond motifs is 1. The van der Waals surface area contributed by atoms with E-state index in [1.807, 2.05) is 0 Å². The smallest absolute Gasteiger partial charge is 0.416 e. The number of benzene rings is 2. The van der Waals surface area contributed by atoms with Gasteiger partial charge in [0.25, 0.3) is 11.8 Å². The highest BCUT2D eigenvalue weighted by molar-refractivity contribution is 5.95. The zero-order chi connectivity index (χ0) is 23.8. The minimum Gasteiger partial charge on any atom is -0.439 e. The highest BCUT2D eigenvalue weighted by Gasteiger charge is 2.31. The molecule has 2 aromatic carbocycles. The van der Waals surface area contributed by atoms with Crippen molar-refractivity contribution in [2.75, 3.05) is 7.05 Å². The molecule has 0 aliphatic carbocycles. The fourth-order valence-electron chi connectivity index (χ4n) is 3.14. The van der Waals surface area contributed by atoms with Gasteiger partial charge in [-0.25, -0.2) is 15.0 Å². The van der Waals surface area contributed by atoms with E-state index in [1.165, 1.54) is 29.8 Å². The van der Waals surface area contributed by atoms with Crippen LogP contribution in [0.2, 0.25) is 0 Å². The van der Waals surface area contributed by atoms with Crippen LogP contribution in [0.5, 0.6) is 11.6 Å². The predicted octanol–water partition coefficient (Wildman–Crippen LogP) is 3.09. The quantitative estimate of drug-likeness (QED) is 0.476. The number of hydrogen-bond donors (Lipinski definition) is 2. The number of nitrogens with one attached hydrogen (secondary N) is 1. The Kier molecular flexibility index (Phi) is 5.42. The lowest BCUT2D eigenvalue weighted by atomic mass is 10.2. The van der Waals surface area contributed by atoms with Gasteiger partial charge in [-0.2, -0.15) is 13.2 Å². The first-order chi connectivity index (χ1) is 15.7. The molecule has 168 valence electrons. The maximum absolute atomic E-state index is 13.1. The van der Waals surface area contributed by atoms with Gasteiger partial charge in [0.2, 0.25) is 11.7 Å². The molecular weight excluding hydrogens is 441 g/mol. The van der Waals surface area contributed by atoms with Crippen LogP contribution < -0.4 is 15.8 Å². The summed E-state index contributed by atoms with van der Waals surface area (Å²) in [7, 11) is 1.46. The monoisotopic (exact) mass is 456 g/mol. The van der Waals surface area contributed by atoms with Gasteiger partial charge in [-0.15, -0.1) is 0 Å². The zero-order valence-electron chi connectivity index (χ0n) is 16.9. The number of hydrogen-bond acceptors (Lipinski definition) is 6. The molecule has 0 aliphatic heterocycles. The molecule has 0 atom stereocenters. The Morgan fingerprint density at radius 1 is 1.09 bits per heavy atom. The number of nitrogens with zero attached hydrogens (tertiary/aromatic N) is 4. The second-order valence-corrected chi connectivity index (χ2v) is 6.76. The number of aromatic nitrogens is 4. The second kappa shape index (κ2) is 8.22. The molecule has 0 saturated carbocycles. The number of carbonyl (C=O) groups is 2. The van der Waals surface area contributed by atoms with E-state index < -0.39 is 23.6 Å². The Morgan fingerprint density at radius 2 is 1.88 bits per heavy atom. The van der Waals surface area contributed by atoms with Crippen LogP contribution in [0.1, 0.15) is 26.7 Å². The van der Waals surface area contributed by atoms with E-state index in [0.717, 1.165) is 18.5 Å². The average Bonchev–Trinajstić information content (AvgIpc) is 3.17. The number of ether oxygens (including phenoxy) is 1. The third-order valence-electron chi connectivity index (χ3n) is 4.60. The first-order valence-corrected chi connectivity index (χ1v) is 9.39. The first kappa shape index (κ1) is 21.7. The lowest BCUT2D eigenvalue weighted by molar-refractivity contribution is -0.137. The van der Waals surface area contributed by atoms with Crippen LogP contribution in [-0.2, 0) is 6.18 Å². The molecule has 0 bridgehead atoms. The largest absolute Gasteiger partial charge is 0.439 e. The van der Waals surface area contributed by atoms with Gasteiger partial charge in [0.1, 0.15) is 17.8 Å². The van der Waals surface area contributed by atoms with Crippen LogP contribution in [0.3, 0.4) is 0 Å². The van der Waals surface area contributed by atoms with Crippen LogP contribution in [0.25, 0.3) is 16.7 Å². The molecule has 0 unspecified atom stereocenters. The van der Waals surface area contributed by atoms with Gasteiger partial charge >= 0.3 is 6.18 Å². The highest BCUT2D eigenvalue weighted by atomic mass is 19.4. The SMILES string of the molecule is CNC(=O)c1cc(Oc2cccc(-n3c(C(N)=O)nc4cc(C(F)(F)F)ccc43)c2)ncn1. The van der Waals surface area contributed by atoms with Crippen LogP contribution in [0, 0.1) is 0 Å². The Bertz CT molecular complexity index is 1380. The molecule has 9 nitrogen and oxygen atoms in total. The Hall–Kier alpha value is -4.48. The number of amides is 2. The lowest BCUT2D eigenvalue weighted by Crippen LogP contribution is -2.19. The summed E-state index contributed by atoms with van der Waals surface area (Å²) in [6.07, 6.45) is -3.40. The fraction of sp³-hybridized carbons (Fsp3) is 0.0952. The van der Waals surface area contributed by atoms with E-state index in [9.17, 15) is 22.8 Å². The van der Waals surface area contributed by atoms with Gasteiger partial charge in [-0.1, -0.05) is 6.07 Å². The Morgan fingerprint density at radius 3 is 2.58 bits per heavy atom. The van der Waals surface area contributed by atoms with Gasteiger partial charge in [0.15, 0.2) is 0 Å². The molecular formula is C21H15F3N6O3. The van der Waals surface area contributed by atoms with E-state index in [2.05, 4.69) is 20.3 Å². The minimum absolute atomic E-state index is 0.0454. The van der Waals surface area contributed by atoms with Crippen molar-refractivity contribution in [3.63, 3.8) is 0 Å². The van der Waals surface area contributed by atoms with Crippen LogP contribution in [0.15, 0.2) is 54.9 Å². The van der Waals surface area contributed by atoms with E-state index in [4.69, 9.17) is 10.5 Å². The third kappa shape index (κ3) is 4.31. The summed E-state index contributed by atoms with van der Waals surface area (Å²) in [5.41, 5.74) is 5.19. The number of nitrogens with two attached hydrogens (primary N) is 1. The average molecular weight is 456 g/mol. The van der Waals surface area contributed by atoms with Crippen molar-refractivity contribution in [2.45, 2.75) is 6.18 Å². The van der Waals surface area contributed by atoms with Crippen LogP contribution in [-0.4, -0.2) is 38.4 Å². The number of halogens is 3. The summed E-state index contributed by atoms with van der Waals surface area (Å²) < 4.78 is 46.3. The summed E-state index contributed by atoms with van der Waals surface area (Å²) in [5.74, 6) is -1.23. The van der Waals surface area contributed by atoms with Crippen molar-refractivity contribution >= 4 is 22.8 Å². The minimum atomic E-state index is -4.57. The zero-order valence-corrected chi connectivity index (χ0v) is 16.9. The fourth-order valence-corrected chi connectivity index (χ4v) is 3.14. The Labute approximate surface area is 184 Å². The van der Waals surface area contributed by atoms with Crippen LogP contribution in [0.4, 0.5) is 13.2 Å². The van der Waals surface area contributed by atoms with Gasteiger partial charge in [0, 0.05) is 19.2 Å². The molecule has 2 heterocycles. The Balaban J connectivity index is 1.77. The molecule has 0 radical (unpaired) electrons. The number of imidazole rings is 1. The normalized spacial score (nSPS) is 11.4. The summed E-state index contributed by atoms with van der Waals surface area (Å²) in [6.45, 7) is 0. The van der Waals surface area contributed by atoms with Gasteiger partial charge in [-0.05, 0) is 30.3 Å². The summed E-state index contributed by atoms with van der Waals surface area (Å²) in [6, 6.07) is 10.6. The molecule has 0 aliphatic rings. The highest BCUT2D eigenvalue weighted by Crippen LogP contribution is 2.33. The number of primary amides is 1. The van der Waals surface area contributed by atoms with Gasteiger partial charge < -0.3 is 15.8 Å². The predicted molar refractivity (Wildman–Crippen MR) is 110 cm³/mol. The standard InChI is InChI=1S/C21H15F3N6O3/c1-26-20(32)15-9-17(28-10-27-15)33-13-4-2-3-12(8-13)30-16-6-5-11(21(22,23)24)7-14(16)29-19(30)18(25)31/h2-10H,1H3,(H2,25,31)(H,26,32). The molecule has 2 amide bonds. The second-order valence-electron chi connectivity index (χ2n) is 6.76. The van der Waals surface area contributed by atoms with Crippen molar-refractivity contribution in [3.05, 3.63) is 71.9 Å². The number of carbonyl (C=O) groups excluding carboxylic acids is 2. The molecule has 12 heteroatoms. The molecule has 33 heavy (non-hydrogen) atoms. The van der Waals surface area contributed by atoms with Crippen molar-refractivity contribution in [3.8, 4) is 17.3 Å². The maximum Gasteiger partial charge on any atom is 0.416 e. The molecule has 4 rings (SSSR count). The topological polar surface area (TPSA) is 125 Å².